The smallest absolute Gasteiger partial charge is 0.358 e. The lowest BCUT2D eigenvalue weighted by atomic mass is 9.98. The van der Waals surface area contributed by atoms with Crippen LogP contribution in [0.2, 0.25) is 0 Å². The van der Waals surface area contributed by atoms with E-state index in [2.05, 4.69) is 9.98 Å². The van der Waals surface area contributed by atoms with Crippen molar-refractivity contribution in [3.05, 3.63) is 82.7 Å². The monoisotopic (exact) mass is 349 g/mol. The van der Waals surface area contributed by atoms with Crippen LogP contribution < -0.4 is 0 Å². The maximum absolute atomic E-state index is 14.4. The van der Waals surface area contributed by atoms with Crippen LogP contribution in [0.15, 0.2) is 53.8 Å². The number of carbonyl (C=O) groups is 1. The van der Waals surface area contributed by atoms with E-state index in [9.17, 15) is 9.18 Å². The molecule has 0 aliphatic carbocycles. The number of halogens is 1. The third-order valence-corrected chi connectivity index (χ3v) is 4.43. The molecule has 26 heavy (non-hydrogen) atoms. The van der Waals surface area contributed by atoms with E-state index in [1.165, 1.54) is 13.2 Å². The van der Waals surface area contributed by atoms with Crippen molar-refractivity contribution >= 4 is 11.7 Å². The van der Waals surface area contributed by atoms with Crippen molar-refractivity contribution in [1.82, 2.24) is 9.55 Å². The first-order valence-corrected chi connectivity index (χ1v) is 8.15. The highest BCUT2D eigenvalue weighted by Crippen LogP contribution is 2.28. The number of aryl methyl sites for hydroxylation is 1. The van der Waals surface area contributed by atoms with Crippen LogP contribution in [0.5, 0.6) is 0 Å². The van der Waals surface area contributed by atoms with Gasteiger partial charge in [0.25, 0.3) is 0 Å². The van der Waals surface area contributed by atoms with E-state index in [-0.39, 0.29) is 18.1 Å². The van der Waals surface area contributed by atoms with E-state index in [1.54, 1.807) is 24.5 Å². The minimum Gasteiger partial charge on any atom is -0.464 e. The summed E-state index contributed by atoms with van der Waals surface area (Å²) < 4.78 is 21.1. The molecule has 3 aromatic rings. The third kappa shape index (κ3) is 2.50. The fourth-order valence-corrected chi connectivity index (χ4v) is 3.17. The third-order valence-electron chi connectivity index (χ3n) is 4.43. The van der Waals surface area contributed by atoms with Crippen LogP contribution in [-0.2, 0) is 11.3 Å². The number of aliphatic imine (C=N–C) groups is 1. The highest BCUT2D eigenvalue weighted by Gasteiger charge is 2.25. The molecule has 6 heteroatoms. The van der Waals surface area contributed by atoms with E-state index in [0.717, 1.165) is 16.8 Å². The number of aromatic nitrogens is 2. The summed E-state index contributed by atoms with van der Waals surface area (Å²) in [4.78, 5) is 20.9. The predicted octanol–water partition coefficient (Wildman–Crippen LogP) is 3.46. The lowest BCUT2D eigenvalue weighted by molar-refractivity contribution is 0.0593. The SMILES string of the molecule is COC(=O)c1ncn2c1CN=C(c1ccccc1F)c1cc(C)ccc1-2. The maximum Gasteiger partial charge on any atom is 0.358 e. The summed E-state index contributed by atoms with van der Waals surface area (Å²) in [6.07, 6.45) is 1.58. The van der Waals surface area contributed by atoms with Crippen molar-refractivity contribution in [3.8, 4) is 5.69 Å². The zero-order valence-corrected chi connectivity index (χ0v) is 14.4. The standard InChI is InChI=1S/C20H16FN3O2/c1-12-7-8-16-14(9-12)18(13-5-3-4-6-15(13)21)22-10-17-19(20(25)26-2)23-11-24(16)17/h3-9,11H,10H2,1-2H3. The number of carbonyl (C=O) groups excluding carboxylic acids is 1. The summed E-state index contributed by atoms with van der Waals surface area (Å²) in [7, 11) is 1.32. The molecule has 2 heterocycles. The number of imidazole rings is 1. The van der Waals surface area contributed by atoms with E-state index >= 15 is 0 Å². The van der Waals surface area contributed by atoms with Gasteiger partial charge in [0.15, 0.2) is 5.69 Å². The van der Waals surface area contributed by atoms with Gasteiger partial charge in [0.05, 0.1) is 30.7 Å². The molecule has 0 radical (unpaired) electrons. The molecule has 2 aromatic carbocycles. The first kappa shape index (κ1) is 16.2. The van der Waals surface area contributed by atoms with Crippen LogP contribution in [0.3, 0.4) is 0 Å². The number of esters is 1. The molecule has 130 valence electrons. The largest absolute Gasteiger partial charge is 0.464 e. The minimum absolute atomic E-state index is 0.196. The van der Waals surface area contributed by atoms with Gasteiger partial charge in [0.2, 0.25) is 0 Å². The maximum atomic E-state index is 14.4. The molecule has 0 spiro atoms. The van der Waals surface area contributed by atoms with Gasteiger partial charge in [0, 0.05) is 11.1 Å². The summed E-state index contributed by atoms with van der Waals surface area (Å²) in [5, 5.41) is 0. The van der Waals surface area contributed by atoms with Crippen LogP contribution in [-0.4, -0.2) is 28.3 Å². The van der Waals surface area contributed by atoms with E-state index < -0.39 is 5.97 Å². The molecule has 1 aliphatic heterocycles. The fraction of sp³-hybridized carbons (Fsp3) is 0.150. The van der Waals surface area contributed by atoms with Crippen LogP contribution in [0.25, 0.3) is 5.69 Å². The number of methoxy groups -OCH3 is 1. The van der Waals surface area contributed by atoms with Gasteiger partial charge in [-0.1, -0.05) is 23.8 Å². The summed E-state index contributed by atoms with van der Waals surface area (Å²) in [5.41, 5.74) is 4.45. The molecule has 0 fully saturated rings. The number of rotatable bonds is 2. The zero-order valence-electron chi connectivity index (χ0n) is 14.4. The molecule has 1 aliphatic rings. The first-order chi connectivity index (χ1) is 12.6. The average Bonchev–Trinajstić information content (AvgIpc) is 3.00. The number of fused-ring (bicyclic) bond motifs is 3. The molecule has 4 rings (SSSR count). The number of ether oxygens (including phenoxy) is 1. The summed E-state index contributed by atoms with van der Waals surface area (Å²) in [6, 6.07) is 12.4. The van der Waals surface area contributed by atoms with Gasteiger partial charge >= 0.3 is 5.97 Å². The molecule has 0 saturated carbocycles. The van der Waals surface area contributed by atoms with Gasteiger partial charge in [-0.2, -0.15) is 0 Å². The second-order valence-corrected chi connectivity index (χ2v) is 6.07. The van der Waals surface area contributed by atoms with Crippen molar-refractivity contribution in [2.45, 2.75) is 13.5 Å². The summed E-state index contributed by atoms with van der Waals surface area (Å²) in [5.74, 6) is -0.853. The highest BCUT2D eigenvalue weighted by molar-refractivity contribution is 6.15. The van der Waals surface area contributed by atoms with Crippen LogP contribution in [0, 0.1) is 12.7 Å². The minimum atomic E-state index is -0.517. The second kappa shape index (κ2) is 6.22. The van der Waals surface area contributed by atoms with Gasteiger partial charge in [-0.25, -0.2) is 14.2 Å². The van der Waals surface area contributed by atoms with Crippen molar-refractivity contribution in [3.63, 3.8) is 0 Å². The van der Waals surface area contributed by atoms with Gasteiger partial charge in [-0.05, 0) is 31.2 Å². The Kier molecular flexibility index (Phi) is 3.88. The van der Waals surface area contributed by atoms with Gasteiger partial charge in [0.1, 0.15) is 12.1 Å². The highest BCUT2D eigenvalue weighted by atomic mass is 19.1. The molecule has 1 aromatic heterocycles. The van der Waals surface area contributed by atoms with Crippen LogP contribution >= 0.6 is 0 Å². The topological polar surface area (TPSA) is 56.5 Å². The van der Waals surface area contributed by atoms with Crippen molar-refractivity contribution < 1.29 is 13.9 Å². The lowest BCUT2D eigenvalue weighted by Gasteiger charge is -2.13. The molecule has 0 N–H and O–H groups in total. The Hall–Kier alpha value is -3.28. The Morgan fingerprint density at radius 3 is 2.77 bits per heavy atom. The van der Waals surface area contributed by atoms with Crippen LogP contribution in [0.1, 0.15) is 32.9 Å². The Morgan fingerprint density at radius 1 is 1.19 bits per heavy atom. The van der Waals surface area contributed by atoms with Gasteiger partial charge < -0.3 is 4.74 Å². The van der Waals surface area contributed by atoms with E-state index in [4.69, 9.17) is 4.74 Å². The van der Waals surface area contributed by atoms with Crippen molar-refractivity contribution in [2.24, 2.45) is 4.99 Å². The van der Waals surface area contributed by atoms with Gasteiger partial charge in [-0.15, -0.1) is 0 Å². The van der Waals surface area contributed by atoms with Gasteiger partial charge in [-0.3, -0.25) is 9.56 Å². The Morgan fingerprint density at radius 2 is 2.00 bits per heavy atom. The molecular weight excluding hydrogens is 333 g/mol. The summed E-state index contributed by atoms with van der Waals surface area (Å²) >= 11 is 0. The molecule has 5 nitrogen and oxygen atoms in total. The quantitative estimate of drug-likeness (QED) is 0.666. The number of hydrogen-bond donors (Lipinski definition) is 0. The van der Waals surface area contributed by atoms with E-state index in [1.807, 2.05) is 29.7 Å². The molecule has 0 atom stereocenters. The zero-order chi connectivity index (χ0) is 18.3. The van der Waals surface area contributed by atoms with E-state index in [0.29, 0.717) is 17.0 Å². The van der Waals surface area contributed by atoms with Crippen molar-refractivity contribution in [1.29, 1.82) is 0 Å². The Labute approximate surface area is 149 Å². The molecular formula is C20H16FN3O2. The molecule has 0 bridgehead atoms. The molecule has 0 saturated heterocycles. The molecule has 0 unspecified atom stereocenters. The number of benzene rings is 2. The number of nitrogens with zero attached hydrogens (tertiary/aromatic N) is 3. The Balaban J connectivity index is 1.98. The normalized spacial score (nSPS) is 12.7. The molecule has 0 amide bonds. The average molecular weight is 349 g/mol. The predicted molar refractivity (Wildman–Crippen MR) is 95.4 cm³/mol. The first-order valence-electron chi connectivity index (χ1n) is 8.15. The lowest BCUT2D eigenvalue weighted by Crippen LogP contribution is -2.09. The Bertz CT molecular complexity index is 1050. The number of hydrogen-bond acceptors (Lipinski definition) is 4. The van der Waals surface area contributed by atoms with Crippen molar-refractivity contribution in [2.75, 3.05) is 7.11 Å². The van der Waals surface area contributed by atoms with Crippen LogP contribution in [0.4, 0.5) is 4.39 Å². The second-order valence-electron chi connectivity index (χ2n) is 6.07. The fourth-order valence-electron chi connectivity index (χ4n) is 3.17. The summed E-state index contributed by atoms with van der Waals surface area (Å²) in [6.45, 7) is 2.17.